The van der Waals surface area contributed by atoms with Gasteiger partial charge in [0.25, 0.3) is 0 Å². The molecule has 0 saturated carbocycles. The first-order valence-corrected chi connectivity index (χ1v) is 4.97. The Kier molecular flexibility index (Phi) is 3.20. The standard InChI is InChI=1S/C7H4Br2O2S/c8-3-1-4(7(11)12)6(10)5(9)2-3/h1-2,10H,(H,11,12). The number of carbonyl (C=O) groups is 1. The summed E-state index contributed by atoms with van der Waals surface area (Å²) in [5, 5.41) is 8.89. The van der Waals surface area contributed by atoms with Crippen molar-refractivity contribution in [2.24, 2.45) is 0 Å². The lowest BCUT2D eigenvalue weighted by Crippen LogP contribution is -1.90. The van der Waals surface area contributed by atoms with Crippen molar-refractivity contribution in [1.82, 2.24) is 0 Å². The smallest absolute Gasteiger partial charge is 0.220 e. The maximum Gasteiger partial charge on any atom is 0.220 e. The van der Waals surface area contributed by atoms with Crippen molar-refractivity contribution in [2.45, 2.75) is 0 Å². The van der Waals surface area contributed by atoms with Crippen molar-refractivity contribution in [3.63, 3.8) is 0 Å². The molecule has 0 amide bonds. The number of thiol groups is 1. The molecular weight excluding hydrogens is 308 g/mol. The normalized spacial score (nSPS) is 9.92. The summed E-state index contributed by atoms with van der Waals surface area (Å²) in [7, 11) is 0. The highest BCUT2D eigenvalue weighted by Crippen LogP contribution is 2.32. The molecule has 0 bridgehead atoms. The van der Waals surface area contributed by atoms with E-state index >= 15 is 0 Å². The molecule has 5 heteroatoms. The topological polar surface area (TPSA) is 37.3 Å². The fourth-order valence-corrected chi connectivity index (χ4v) is 2.12. The summed E-state index contributed by atoms with van der Waals surface area (Å²) in [6, 6.07) is 3.16. The second-order valence-electron chi connectivity index (χ2n) is 2.09. The predicted octanol–water partition coefficient (Wildman–Crippen LogP) is 2.99. The number of carbonyl (C=O) groups excluding carboxylic acids is 1. The van der Waals surface area contributed by atoms with Crippen LogP contribution >= 0.6 is 44.5 Å². The summed E-state index contributed by atoms with van der Waals surface area (Å²) in [5.41, 5.74) is 0.180. The first-order valence-electron chi connectivity index (χ1n) is 2.93. The van der Waals surface area contributed by atoms with Crippen LogP contribution < -0.4 is 0 Å². The minimum absolute atomic E-state index is 0.0850. The van der Waals surface area contributed by atoms with Crippen LogP contribution in [-0.2, 0) is 0 Å². The van der Waals surface area contributed by atoms with Gasteiger partial charge >= 0.3 is 0 Å². The Morgan fingerprint density at radius 3 is 2.50 bits per heavy atom. The van der Waals surface area contributed by atoms with E-state index in [9.17, 15) is 9.90 Å². The lowest BCUT2D eigenvalue weighted by molar-refractivity contribution is 0.108. The van der Waals surface area contributed by atoms with Gasteiger partial charge in [-0.15, -0.1) is 12.6 Å². The molecule has 0 heterocycles. The van der Waals surface area contributed by atoms with Crippen molar-refractivity contribution in [1.29, 1.82) is 0 Å². The van der Waals surface area contributed by atoms with Gasteiger partial charge in [-0.05, 0) is 28.1 Å². The van der Waals surface area contributed by atoms with Gasteiger partial charge in [0.2, 0.25) is 5.12 Å². The molecule has 1 aromatic carbocycles. The highest BCUT2D eigenvalue weighted by atomic mass is 79.9. The molecule has 64 valence electrons. The van der Waals surface area contributed by atoms with Gasteiger partial charge in [-0.25, -0.2) is 0 Å². The van der Waals surface area contributed by atoms with Crippen LogP contribution in [0.25, 0.3) is 0 Å². The predicted molar refractivity (Wildman–Crippen MR) is 56.8 cm³/mol. The molecule has 0 atom stereocenters. The molecule has 1 rings (SSSR count). The summed E-state index contributed by atoms with van der Waals surface area (Å²) in [6.45, 7) is 0. The van der Waals surface area contributed by atoms with Crippen LogP contribution in [0.5, 0.6) is 5.75 Å². The zero-order valence-corrected chi connectivity index (χ0v) is 9.78. The molecule has 1 N–H and O–H groups in total. The number of benzene rings is 1. The molecule has 0 saturated heterocycles. The minimum atomic E-state index is -0.463. The van der Waals surface area contributed by atoms with Crippen molar-refractivity contribution in [3.8, 4) is 5.75 Å². The summed E-state index contributed by atoms with van der Waals surface area (Å²) in [4.78, 5) is 10.8. The number of hydrogen-bond acceptors (Lipinski definition) is 2. The average molecular weight is 312 g/mol. The van der Waals surface area contributed by atoms with E-state index in [2.05, 4.69) is 44.5 Å². The first kappa shape index (κ1) is 10.1. The van der Waals surface area contributed by atoms with Gasteiger partial charge in [0, 0.05) is 4.47 Å². The molecular formula is C7H4Br2O2S. The summed E-state index contributed by atoms with van der Waals surface area (Å²) in [6.07, 6.45) is 0. The molecule has 0 aliphatic heterocycles. The molecule has 0 aliphatic rings. The van der Waals surface area contributed by atoms with Crippen LogP contribution in [-0.4, -0.2) is 10.2 Å². The Bertz CT molecular complexity index is 338. The number of halogens is 2. The van der Waals surface area contributed by atoms with Crippen LogP contribution in [0.2, 0.25) is 0 Å². The van der Waals surface area contributed by atoms with Gasteiger partial charge < -0.3 is 5.11 Å². The first-order chi connectivity index (χ1) is 5.52. The highest BCUT2D eigenvalue weighted by Gasteiger charge is 2.11. The van der Waals surface area contributed by atoms with Crippen LogP contribution in [0, 0.1) is 0 Å². The second kappa shape index (κ2) is 3.81. The largest absolute Gasteiger partial charge is 0.506 e. The third-order valence-corrected chi connectivity index (χ3v) is 2.56. The van der Waals surface area contributed by atoms with Crippen LogP contribution in [0.15, 0.2) is 21.1 Å². The van der Waals surface area contributed by atoms with E-state index in [4.69, 9.17) is 0 Å². The quantitative estimate of drug-likeness (QED) is 0.782. The van der Waals surface area contributed by atoms with Gasteiger partial charge in [0.15, 0.2) is 0 Å². The van der Waals surface area contributed by atoms with E-state index in [0.29, 0.717) is 8.95 Å². The third kappa shape index (κ3) is 2.02. The zero-order valence-electron chi connectivity index (χ0n) is 5.71. The van der Waals surface area contributed by atoms with E-state index in [1.807, 2.05) is 0 Å². The fourth-order valence-electron chi connectivity index (χ4n) is 0.729. The number of rotatable bonds is 1. The van der Waals surface area contributed by atoms with Crippen LogP contribution in [0.1, 0.15) is 10.4 Å². The monoisotopic (exact) mass is 310 g/mol. The minimum Gasteiger partial charge on any atom is -0.506 e. The molecule has 0 fully saturated rings. The lowest BCUT2D eigenvalue weighted by Gasteiger charge is -2.02. The molecule has 0 radical (unpaired) electrons. The molecule has 12 heavy (non-hydrogen) atoms. The Labute approximate surface area is 91.6 Å². The maximum absolute atomic E-state index is 10.8. The molecule has 0 unspecified atom stereocenters. The van der Waals surface area contributed by atoms with Crippen LogP contribution in [0.4, 0.5) is 0 Å². The fraction of sp³-hybridized carbons (Fsp3) is 0. The van der Waals surface area contributed by atoms with E-state index < -0.39 is 5.12 Å². The number of phenolic OH excluding ortho intramolecular Hbond substituents is 1. The van der Waals surface area contributed by atoms with Gasteiger partial charge in [-0.3, -0.25) is 4.79 Å². The molecule has 0 spiro atoms. The second-order valence-corrected chi connectivity index (χ2v) is 4.27. The van der Waals surface area contributed by atoms with E-state index in [1.165, 1.54) is 6.07 Å². The number of aromatic hydroxyl groups is 1. The lowest BCUT2D eigenvalue weighted by atomic mass is 10.2. The summed E-state index contributed by atoms with van der Waals surface area (Å²) in [5.74, 6) is -0.0850. The Morgan fingerprint density at radius 2 is 2.00 bits per heavy atom. The summed E-state index contributed by atoms with van der Waals surface area (Å²) < 4.78 is 1.18. The number of phenols is 1. The van der Waals surface area contributed by atoms with Gasteiger partial charge in [-0.2, -0.15) is 0 Å². The van der Waals surface area contributed by atoms with Crippen molar-refractivity contribution in [2.75, 3.05) is 0 Å². The van der Waals surface area contributed by atoms with E-state index in [1.54, 1.807) is 6.07 Å². The van der Waals surface area contributed by atoms with Gasteiger partial charge in [-0.1, -0.05) is 15.9 Å². The van der Waals surface area contributed by atoms with Crippen molar-refractivity contribution < 1.29 is 9.90 Å². The Balaban J connectivity index is 3.37. The van der Waals surface area contributed by atoms with E-state index in [-0.39, 0.29) is 11.3 Å². The molecule has 0 aromatic heterocycles. The van der Waals surface area contributed by atoms with E-state index in [0.717, 1.165) is 0 Å². The Hall–Kier alpha value is -0.000000000000000111. The highest BCUT2D eigenvalue weighted by molar-refractivity contribution is 9.11. The molecule has 0 aliphatic carbocycles. The maximum atomic E-state index is 10.8. The third-order valence-electron chi connectivity index (χ3n) is 1.26. The van der Waals surface area contributed by atoms with Crippen molar-refractivity contribution >= 4 is 49.6 Å². The van der Waals surface area contributed by atoms with Gasteiger partial charge in [0.05, 0.1) is 10.0 Å². The SMILES string of the molecule is O=C(S)c1cc(Br)cc(Br)c1O. The average Bonchev–Trinajstić information content (AvgIpc) is 1.96. The number of hydrogen-bond donors (Lipinski definition) is 2. The van der Waals surface area contributed by atoms with Crippen LogP contribution in [0.3, 0.4) is 0 Å². The Morgan fingerprint density at radius 1 is 1.42 bits per heavy atom. The molecule has 2 nitrogen and oxygen atoms in total. The zero-order chi connectivity index (χ0) is 9.30. The summed E-state index contributed by atoms with van der Waals surface area (Å²) >= 11 is 9.90. The molecule has 1 aromatic rings. The van der Waals surface area contributed by atoms with Gasteiger partial charge in [0.1, 0.15) is 5.75 Å². The van der Waals surface area contributed by atoms with Crippen molar-refractivity contribution in [3.05, 3.63) is 26.6 Å².